The van der Waals surface area contributed by atoms with Crippen LogP contribution < -0.4 is 20.7 Å². The minimum absolute atomic E-state index is 0.620. The number of halogens is 1. The molecule has 0 bridgehead atoms. The van der Waals surface area contributed by atoms with E-state index in [1.165, 1.54) is 0 Å². The van der Waals surface area contributed by atoms with E-state index in [9.17, 15) is 0 Å². The molecule has 0 aliphatic rings. The Kier molecular flexibility index (Phi) is 5.41. The van der Waals surface area contributed by atoms with Gasteiger partial charge in [0.2, 0.25) is 0 Å². The van der Waals surface area contributed by atoms with Crippen LogP contribution in [0.2, 0.25) is 0 Å². The van der Waals surface area contributed by atoms with Gasteiger partial charge in [0.05, 0.1) is 0 Å². The van der Waals surface area contributed by atoms with E-state index in [-0.39, 0.29) is 0 Å². The molecule has 0 aliphatic carbocycles. The molecule has 0 aliphatic heterocycles. The third kappa shape index (κ3) is 3.44. The van der Waals surface area contributed by atoms with Gasteiger partial charge in [-0.1, -0.05) is 0 Å². The van der Waals surface area contributed by atoms with Crippen LogP contribution in [-0.4, -0.2) is 12.1 Å². The van der Waals surface area contributed by atoms with Gasteiger partial charge in [-0.2, -0.15) is 0 Å². The first-order chi connectivity index (χ1) is 14.1. The zero-order valence-electron chi connectivity index (χ0n) is 16.3. The monoisotopic (exact) mass is 419 g/mol. The van der Waals surface area contributed by atoms with E-state index >= 15 is 0 Å². The Morgan fingerprint density at radius 2 is 1.14 bits per heavy atom. The summed E-state index contributed by atoms with van der Waals surface area (Å²) in [5, 5.41) is 3.40. The van der Waals surface area contributed by atoms with Crippen molar-refractivity contribution in [2.75, 3.05) is 7.11 Å². The number of rotatable bonds is 6. The molecule has 4 rings (SSSR count). The first-order valence-electron chi connectivity index (χ1n) is 9.54. The van der Waals surface area contributed by atoms with Crippen LogP contribution in [-0.2, 0) is 6.16 Å². The van der Waals surface area contributed by atoms with Crippen LogP contribution in [0.5, 0.6) is 5.75 Å². The zero-order chi connectivity index (χ0) is 20.2. The number of methoxy groups -OCH3 is 1. The first kappa shape index (κ1) is 19.6. The van der Waals surface area contributed by atoms with Gasteiger partial charge in [0, 0.05) is 0 Å². The van der Waals surface area contributed by atoms with Crippen molar-refractivity contribution in [3.05, 3.63) is 115 Å². The fraction of sp³-hybridized carbons (Fsp3) is 0.0800. The summed E-state index contributed by atoms with van der Waals surface area (Å²) in [7, 11) is 1.65. The molecule has 0 radical (unpaired) electrons. The summed E-state index contributed by atoms with van der Waals surface area (Å²) in [6.07, 6.45) is 2.38. The Morgan fingerprint density at radius 3 is 1.48 bits per heavy atom. The molecule has 4 aromatic rings. The molecule has 0 fully saturated rings. The number of ether oxygens (including phenoxy) is 1. The molecule has 0 amide bonds. The van der Waals surface area contributed by atoms with E-state index in [0.29, 0.717) is 6.16 Å². The summed E-state index contributed by atoms with van der Waals surface area (Å²) < 4.78 is 5.29. The molecule has 1 heterocycles. The molecule has 1 aromatic heterocycles. The number of benzene rings is 3. The Morgan fingerprint density at radius 1 is 0.690 bits per heavy atom. The summed E-state index contributed by atoms with van der Waals surface area (Å²) in [6, 6.07) is 35.3. The van der Waals surface area contributed by atoms with E-state index in [4.69, 9.17) is 16.0 Å². The quantitative estimate of drug-likeness (QED) is 0.397. The van der Waals surface area contributed by atoms with Gasteiger partial charge in [0.15, 0.2) is 0 Å². The average molecular weight is 420 g/mol. The van der Waals surface area contributed by atoms with Crippen LogP contribution in [0.15, 0.2) is 109 Å². The van der Waals surface area contributed by atoms with Crippen LogP contribution >= 0.6 is 17.2 Å². The Hall–Kier alpha value is -2.67. The van der Waals surface area contributed by atoms with Crippen LogP contribution in [0.4, 0.5) is 0 Å². The van der Waals surface area contributed by atoms with Crippen LogP contribution in [0.3, 0.4) is 0 Å². The molecule has 4 heteroatoms. The summed E-state index contributed by atoms with van der Waals surface area (Å²) in [6.45, 7) is 0. The third-order valence-corrected chi connectivity index (χ3v) is 12.5. The SMILES string of the molecule is COc1ccc(CP(Cl)(c2ccccc2)(c2ccccc2)c2ccccc2)nc1. The Labute approximate surface area is 176 Å². The number of hydrogen-bond donors (Lipinski definition) is 0. The Balaban J connectivity index is 2.03. The van der Waals surface area contributed by atoms with Gasteiger partial charge in [-0.05, 0) is 0 Å². The summed E-state index contributed by atoms with van der Waals surface area (Å²) in [5.74, 6) is -2.60. The van der Waals surface area contributed by atoms with Gasteiger partial charge in [-0.15, -0.1) is 0 Å². The van der Waals surface area contributed by atoms with Crippen molar-refractivity contribution in [1.82, 2.24) is 4.98 Å². The Bertz CT molecular complexity index is 971. The topological polar surface area (TPSA) is 22.1 Å². The van der Waals surface area contributed by atoms with Crippen LogP contribution in [0.25, 0.3) is 0 Å². The van der Waals surface area contributed by atoms with Crippen LogP contribution in [0.1, 0.15) is 5.69 Å². The molecular weight excluding hydrogens is 397 g/mol. The number of hydrogen-bond acceptors (Lipinski definition) is 2. The third-order valence-electron chi connectivity index (χ3n) is 5.38. The molecular formula is C25H23ClNOP. The average Bonchev–Trinajstić information content (AvgIpc) is 2.81. The van der Waals surface area contributed by atoms with Gasteiger partial charge in [-0.3, -0.25) is 0 Å². The maximum atomic E-state index is 8.04. The molecule has 29 heavy (non-hydrogen) atoms. The second-order valence-corrected chi connectivity index (χ2v) is 13.5. The van der Waals surface area contributed by atoms with Crippen molar-refractivity contribution in [3.63, 3.8) is 0 Å². The van der Waals surface area contributed by atoms with Gasteiger partial charge < -0.3 is 0 Å². The van der Waals surface area contributed by atoms with Gasteiger partial charge in [-0.25, -0.2) is 0 Å². The van der Waals surface area contributed by atoms with Crippen LogP contribution in [0, 0.1) is 0 Å². The summed E-state index contributed by atoms with van der Waals surface area (Å²) >= 11 is 8.04. The molecule has 0 saturated heterocycles. The van der Waals surface area contributed by atoms with E-state index in [2.05, 4.69) is 77.8 Å². The van der Waals surface area contributed by atoms with Gasteiger partial charge in [0.25, 0.3) is 0 Å². The normalized spacial score (nSPS) is 12.7. The molecule has 0 spiro atoms. The molecule has 0 N–H and O–H groups in total. The van der Waals surface area contributed by atoms with E-state index in [1.807, 2.05) is 30.3 Å². The van der Waals surface area contributed by atoms with Crippen molar-refractivity contribution in [3.8, 4) is 5.75 Å². The van der Waals surface area contributed by atoms with E-state index < -0.39 is 5.96 Å². The molecule has 3 aromatic carbocycles. The van der Waals surface area contributed by atoms with Gasteiger partial charge >= 0.3 is 177 Å². The summed E-state index contributed by atoms with van der Waals surface area (Å²) in [4.78, 5) is 4.68. The molecule has 0 atom stereocenters. The van der Waals surface area contributed by atoms with Crippen molar-refractivity contribution in [2.24, 2.45) is 0 Å². The fourth-order valence-electron chi connectivity index (χ4n) is 3.87. The first-order valence-corrected chi connectivity index (χ1v) is 12.9. The van der Waals surface area contributed by atoms with Crippen molar-refractivity contribution < 1.29 is 4.74 Å². The second-order valence-electron chi connectivity index (χ2n) is 7.04. The molecule has 146 valence electrons. The summed E-state index contributed by atoms with van der Waals surface area (Å²) in [5.41, 5.74) is 0.940. The molecule has 0 saturated carbocycles. The minimum atomic E-state index is -3.34. The maximum absolute atomic E-state index is 8.04. The number of nitrogens with zero attached hydrogens (tertiary/aromatic N) is 1. The van der Waals surface area contributed by atoms with Crippen molar-refractivity contribution >= 4 is 33.1 Å². The predicted octanol–water partition coefficient (Wildman–Crippen LogP) is 5.27. The molecule has 2 nitrogen and oxygen atoms in total. The van der Waals surface area contributed by atoms with E-state index in [1.54, 1.807) is 13.3 Å². The standard InChI is InChI=1S/C25H23ClNOP/c1-28-22-18-17-21(27-19-22)20-29(26,23-11-5-2-6-12-23,24-13-7-3-8-14-24)25-15-9-4-10-16-25/h2-19H,20H2,1H3. The van der Waals surface area contributed by atoms with Gasteiger partial charge in [0.1, 0.15) is 0 Å². The van der Waals surface area contributed by atoms with Crippen molar-refractivity contribution in [1.29, 1.82) is 0 Å². The number of pyridine rings is 1. The number of aromatic nitrogens is 1. The fourth-order valence-corrected chi connectivity index (χ4v) is 9.87. The van der Waals surface area contributed by atoms with Crippen molar-refractivity contribution in [2.45, 2.75) is 6.16 Å². The van der Waals surface area contributed by atoms with E-state index in [0.717, 1.165) is 27.4 Å². The molecule has 0 unspecified atom stereocenters. The predicted molar refractivity (Wildman–Crippen MR) is 125 cm³/mol. The zero-order valence-corrected chi connectivity index (χ0v) is 17.9. The second kappa shape index (κ2) is 7.99.